The van der Waals surface area contributed by atoms with E-state index in [1.54, 1.807) is 11.3 Å². The van der Waals surface area contributed by atoms with Crippen molar-refractivity contribution in [1.82, 2.24) is 10.2 Å². The standard InChI is InChI=1S/C27H38N2O3S/c1-29(2)20-25(19-27(31)32-21-23-13-10-8-11-14-23)28-26(30)16-12-7-5-3-4-6-9-15-24-17-18-33-22-24/h8-11,13-15,17-18,22,25H,3-7,12,16,19-21H2,1-2H3,(H,28,30)/b15-9+/t25-/m1/s1. The number of ether oxygens (including phenoxy) is 1. The third-order valence-corrected chi connectivity index (χ3v) is 5.94. The van der Waals surface area contributed by atoms with E-state index in [1.807, 2.05) is 49.3 Å². The van der Waals surface area contributed by atoms with Gasteiger partial charge in [0.2, 0.25) is 5.91 Å². The quantitative estimate of drug-likeness (QED) is 0.254. The van der Waals surface area contributed by atoms with Crippen molar-refractivity contribution in [2.45, 2.75) is 64.0 Å². The van der Waals surface area contributed by atoms with E-state index < -0.39 is 0 Å². The number of thiophene rings is 1. The summed E-state index contributed by atoms with van der Waals surface area (Å²) in [6.07, 6.45) is 11.7. The molecule has 6 heteroatoms. The lowest BCUT2D eigenvalue weighted by Gasteiger charge is -2.22. The summed E-state index contributed by atoms with van der Waals surface area (Å²) in [6, 6.07) is 11.5. The molecule has 0 fully saturated rings. The number of hydrogen-bond acceptors (Lipinski definition) is 5. The third-order valence-electron chi connectivity index (χ3n) is 5.23. The van der Waals surface area contributed by atoms with E-state index in [0.29, 0.717) is 13.0 Å². The Kier molecular flexibility index (Phi) is 13.2. The monoisotopic (exact) mass is 470 g/mol. The van der Waals surface area contributed by atoms with Gasteiger partial charge in [-0.3, -0.25) is 9.59 Å². The van der Waals surface area contributed by atoms with Gasteiger partial charge in [-0.15, -0.1) is 0 Å². The predicted molar refractivity (Wildman–Crippen MR) is 137 cm³/mol. The maximum atomic E-state index is 12.4. The molecule has 1 aromatic heterocycles. The van der Waals surface area contributed by atoms with Gasteiger partial charge in [0.15, 0.2) is 0 Å². The number of hydrogen-bond donors (Lipinski definition) is 1. The maximum absolute atomic E-state index is 12.4. The van der Waals surface area contributed by atoms with Crippen molar-refractivity contribution in [3.05, 3.63) is 64.4 Å². The number of benzene rings is 1. The van der Waals surface area contributed by atoms with E-state index in [4.69, 9.17) is 4.74 Å². The average molecular weight is 471 g/mol. The zero-order valence-electron chi connectivity index (χ0n) is 20.0. The highest BCUT2D eigenvalue weighted by atomic mass is 32.1. The summed E-state index contributed by atoms with van der Waals surface area (Å²) in [5.41, 5.74) is 2.24. The number of amides is 1. The molecular formula is C27H38N2O3S. The molecule has 0 aliphatic rings. The smallest absolute Gasteiger partial charge is 0.308 e. The molecule has 1 amide bonds. The Labute approximate surface area is 202 Å². The second-order valence-corrected chi connectivity index (χ2v) is 9.42. The number of esters is 1. The Morgan fingerprint density at radius 3 is 2.55 bits per heavy atom. The van der Waals surface area contributed by atoms with Crippen LogP contribution in [0.25, 0.3) is 6.08 Å². The van der Waals surface area contributed by atoms with Crippen molar-refractivity contribution < 1.29 is 14.3 Å². The van der Waals surface area contributed by atoms with Crippen LogP contribution in [-0.4, -0.2) is 43.5 Å². The van der Waals surface area contributed by atoms with Crippen LogP contribution in [0.1, 0.15) is 62.5 Å². The first-order valence-electron chi connectivity index (χ1n) is 11.9. The number of carbonyl (C=O) groups is 2. The molecule has 2 aromatic rings. The van der Waals surface area contributed by atoms with Gasteiger partial charge in [-0.1, -0.05) is 61.7 Å². The van der Waals surface area contributed by atoms with E-state index in [9.17, 15) is 9.59 Å². The second-order valence-electron chi connectivity index (χ2n) is 8.64. The Hall–Kier alpha value is -2.44. The van der Waals surface area contributed by atoms with Crippen LogP contribution in [-0.2, 0) is 20.9 Å². The highest BCUT2D eigenvalue weighted by Gasteiger charge is 2.18. The summed E-state index contributed by atoms with van der Waals surface area (Å²) in [6.45, 7) is 0.858. The second kappa shape index (κ2) is 16.2. The molecule has 0 aliphatic carbocycles. The maximum Gasteiger partial charge on any atom is 0.308 e. The van der Waals surface area contributed by atoms with Gasteiger partial charge in [0, 0.05) is 13.0 Å². The lowest BCUT2D eigenvalue weighted by atomic mass is 10.1. The number of likely N-dealkylation sites (N-methyl/N-ethyl adjacent to an activating group) is 1. The van der Waals surface area contributed by atoms with Crippen LogP contribution in [0.4, 0.5) is 0 Å². The summed E-state index contributed by atoms with van der Waals surface area (Å²) in [5.74, 6) is -0.282. The SMILES string of the molecule is CN(C)C[C@@H](CC(=O)OCc1ccccc1)NC(=O)CCCCCCC/C=C/c1ccsc1. The van der Waals surface area contributed by atoms with Gasteiger partial charge in [-0.05, 0) is 61.3 Å². The molecule has 0 saturated carbocycles. The fourth-order valence-corrected chi connectivity index (χ4v) is 4.20. The fourth-order valence-electron chi connectivity index (χ4n) is 3.57. The number of allylic oxidation sites excluding steroid dienone is 1. The molecule has 5 nitrogen and oxygen atoms in total. The summed E-state index contributed by atoms with van der Waals surface area (Å²) >= 11 is 1.72. The lowest BCUT2D eigenvalue weighted by molar-refractivity contribution is -0.145. The van der Waals surface area contributed by atoms with Gasteiger partial charge in [0.05, 0.1) is 12.5 Å². The van der Waals surface area contributed by atoms with Gasteiger partial charge in [0.25, 0.3) is 0 Å². The van der Waals surface area contributed by atoms with Crippen LogP contribution >= 0.6 is 11.3 Å². The molecule has 1 N–H and O–H groups in total. The summed E-state index contributed by atoms with van der Waals surface area (Å²) in [7, 11) is 3.87. The lowest BCUT2D eigenvalue weighted by Crippen LogP contribution is -2.43. The summed E-state index contributed by atoms with van der Waals surface area (Å²) in [5, 5.41) is 7.26. The molecular weight excluding hydrogens is 432 g/mol. The van der Waals surface area contributed by atoms with Crippen molar-refractivity contribution in [2.75, 3.05) is 20.6 Å². The molecule has 33 heavy (non-hydrogen) atoms. The largest absolute Gasteiger partial charge is 0.461 e. The first-order valence-corrected chi connectivity index (χ1v) is 12.8. The van der Waals surface area contributed by atoms with E-state index in [2.05, 4.69) is 34.3 Å². The van der Waals surface area contributed by atoms with Crippen molar-refractivity contribution in [3.8, 4) is 0 Å². The number of nitrogens with zero attached hydrogens (tertiary/aromatic N) is 1. The van der Waals surface area contributed by atoms with Gasteiger partial charge >= 0.3 is 5.97 Å². The molecule has 1 aromatic carbocycles. The van der Waals surface area contributed by atoms with Crippen LogP contribution in [0.2, 0.25) is 0 Å². The third kappa shape index (κ3) is 13.0. The molecule has 0 saturated heterocycles. The molecule has 0 aliphatic heterocycles. The van der Waals surface area contributed by atoms with Crippen LogP contribution in [0.5, 0.6) is 0 Å². The number of rotatable bonds is 16. The minimum Gasteiger partial charge on any atom is -0.461 e. The van der Waals surface area contributed by atoms with E-state index in [-0.39, 0.29) is 30.9 Å². The van der Waals surface area contributed by atoms with Crippen molar-refractivity contribution in [3.63, 3.8) is 0 Å². The number of unbranched alkanes of at least 4 members (excludes halogenated alkanes) is 5. The molecule has 0 unspecified atom stereocenters. The van der Waals surface area contributed by atoms with E-state index in [0.717, 1.165) is 31.2 Å². The van der Waals surface area contributed by atoms with Crippen molar-refractivity contribution >= 4 is 29.3 Å². The highest BCUT2D eigenvalue weighted by molar-refractivity contribution is 7.08. The molecule has 0 radical (unpaired) electrons. The van der Waals surface area contributed by atoms with Crippen molar-refractivity contribution in [1.29, 1.82) is 0 Å². The van der Waals surface area contributed by atoms with Crippen molar-refractivity contribution in [2.24, 2.45) is 0 Å². The minimum absolute atomic E-state index is 0.0106. The predicted octanol–water partition coefficient (Wildman–Crippen LogP) is 5.67. The Bertz CT molecular complexity index is 819. The zero-order valence-corrected chi connectivity index (χ0v) is 20.8. The highest BCUT2D eigenvalue weighted by Crippen LogP contribution is 2.11. The first-order chi connectivity index (χ1) is 16.0. The van der Waals surface area contributed by atoms with Gasteiger partial charge < -0.3 is 15.0 Å². The Balaban J connectivity index is 1.57. The zero-order chi connectivity index (χ0) is 23.7. The topological polar surface area (TPSA) is 58.6 Å². The van der Waals surface area contributed by atoms with Gasteiger partial charge in [-0.2, -0.15) is 11.3 Å². The van der Waals surface area contributed by atoms with E-state index in [1.165, 1.54) is 18.4 Å². The van der Waals surface area contributed by atoms with Crippen LogP contribution in [0.3, 0.4) is 0 Å². The summed E-state index contributed by atoms with van der Waals surface area (Å²) < 4.78 is 5.38. The molecule has 1 atom stereocenters. The van der Waals surface area contributed by atoms with Crippen LogP contribution in [0, 0.1) is 0 Å². The minimum atomic E-state index is -0.293. The number of carbonyl (C=O) groups excluding carboxylic acids is 2. The number of nitrogens with one attached hydrogen (secondary N) is 1. The van der Waals surface area contributed by atoms with Gasteiger partial charge in [-0.25, -0.2) is 0 Å². The molecule has 180 valence electrons. The molecule has 1 heterocycles. The fraction of sp³-hybridized carbons (Fsp3) is 0.481. The van der Waals surface area contributed by atoms with Gasteiger partial charge in [0.1, 0.15) is 6.61 Å². The first kappa shape index (κ1) is 26.8. The van der Waals surface area contributed by atoms with E-state index >= 15 is 0 Å². The Morgan fingerprint density at radius 1 is 1.06 bits per heavy atom. The Morgan fingerprint density at radius 2 is 1.82 bits per heavy atom. The molecule has 2 rings (SSSR count). The average Bonchev–Trinajstić information content (AvgIpc) is 3.30. The normalized spacial score (nSPS) is 12.2. The molecule has 0 bridgehead atoms. The van der Waals surface area contributed by atoms with Crippen LogP contribution in [0.15, 0.2) is 53.2 Å². The summed E-state index contributed by atoms with van der Waals surface area (Å²) in [4.78, 5) is 26.6. The van der Waals surface area contributed by atoms with Crippen LogP contribution < -0.4 is 5.32 Å². The molecule has 0 spiro atoms.